The molecule has 13 heteroatoms. The molecule has 0 spiro atoms. The molecule has 1 aliphatic rings. The van der Waals surface area contributed by atoms with Gasteiger partial charge < -0.3 is 30.4 Å². The molecular formula is C27H47FN4O8. The number of nitrogens with one attached hydrogen (secondary N) is 1. The number of esters is 1. The molecule has 2 heterocycles. The summed E-state index contributed by atoms with van der Waals surface area (Å²) in [6.07, 6.45) is 1.42. The Hall–Kier alpha value is -3.48. The predicted molar refractivity (Wildman–Crippen MR) is 150 cm³/mol. The summed E-state index contributed by atoms with van der Waals surface area (Å²) in [5, 5.41) is 10.4. The summed E-state index contributed by atoms with van der Waals surface area (Å²) in [5.41, 5.74) is 4.18. The van der Waals surface area contributed by atoms with Crippen LogP contribution in [0.1, 0.15) is 80.4 Å². The number of nitrogen functional groups attached to an aromatic ring is 1. The van der Waals surface area contributed by atoms with Crippen LogP contribution in [0.3, 0.4) is 0 Å². The Balaban J connectivity index is 0. The molecule has 1 aliphatic heterocycles. The SMILES string of the molecule is C=C.CC(C)CC(=O)O.CC(C)CC(=O)OCC1CCC(n2cc(F)c(N)nc2=O)O1.CNC(=O)OC(C)(C)C. The molecule has 1 amide bonds. The van der Waals surface area contributed by atoms with Gasteiger partial charge in [0.15, 0.2) is 11.6 Å². The highest BCUT2D eigenvalue weighted by molar-refractivity contribution is 5.69. The third-order valence-corrected chi connectivity index (χ3v) is 4.52. The molecule has 0 radical (unpaired) electrons. The zero-order chi connectivity index (χ0) is 31.6. The monoisotopic (exact) mass is 574 g/mol. The topological polar surface area (TPSA) is 172 Å². The minimum absolute atomic E-state index is 0.127. The smallest absolute Gasteiger partial charge is 0.407 e. The molecule has 2 atom stereocenters. The van der Waals surface area contributed by atoms with Crippen LogP contribution in [-0.2, 0) is 23.8 Å². The highest BCUT2D eigenvalue weighted by Gasteiger charge is 2.29. The van der Waals surface area contributed by atoms with E-state index in [2.05, 4.69) is 23.5 Å². The number of halogens is 1. The van der Waals surface area contributed by atoms with Crippen molar-refractivity contribution in [2.75, 3.05) is 19.4 Å². The summed E-state index contributed by atoms with van der Waals surface area (Å²) < 4.78 is 30.1. The standard InChI is InChI=1S/C14H20FN3O4.C6H13NO2.C5H10O2.C2H4/c1-8(2)5-12(19)21-7-9-3-4-11(22-9)18-6-10(15)13(16)17-14(18)20;1-6(2,3)9-5(8)7-4;1-4(2)3-5(6)7;1-2/h6,8-9,11H,3-5,7H2,1-2H3,(H2,16,17,20);1-4H3,(H,7,8);4H,3H2,1-2H3,(H,6,7);1-2H2. The number of carbonyl (C=O) groups is 3. The minimum Gasteiger partial charge on any atom is -0.481 e. The molecule has 0 aromatic carbocycles. The third-order valence-electron chi connectivity index (χ3n) is 4.52. The van der Waals surface area contributed by atoms with Crippen LogP contribution in [0.2, 0.25) is 0 Å². The second-order valence-corrected chi connectivity index (χ2v) is 10.5. The van der Waals surface area contributed by atoms with Crippen LogP contribution in [0.25, 0.3) is 0 Å². The zero-order valence-corrected chi connectivity index (χ0v) is 25.0. The van der Waals surface area contributed by atoms with E-state index in [9.17, 15) is 23.6 Å². The first-order chi connectivity index (χ1) is 18.4. The fourth-order valence-electron chi connectivity index (χ4n) is 2.93. The van der Waals surface area contributed by atoms with E-state index >= 15 is 0 Å². The van der Waals surface area contributed by atoms with Crippen LogP contribution >= 0.6 is 0 Å². The molecule has 1 saturated heterocycles. The summed E-state index contributed by atoms with van der Waals surface area (Å²) in [4.78, 5) is 46.9. The maximum absolute atomic E-state index is 13.4. The summed E-state index contributed by atoms with van der Waals surface area (Å²) in [6.45, 7) is 19.2. The number of aromatic nitrogens is 2. The molecule has 2 unspecified atom stereocenters. The largest absolute Gasteiger partial charge is 0.481 e. The van der Waals surface area contributed by atoms with Crippen molar-refractivity contribution < 1.29 is 38.1 Å². The van der Waals surface area contributed by atoms with Gasteiger partial charge in [0, 0.05) is 19.9 Å². The van der Waals surface area contributed by atoms with Gasteiger partial charge in [0.1, 0.15) is 18.4 Å². The van der Waals surface area contributed by atoms with Crippen molar-refractivity contribution in [3.63, 3.8) is 0 Å². The van der Waals surface area contributed by atoms with E-state index in [0.717, 1.165) is 10.8 Å². The Morgan fingerprint density at radius 1 is 1.20 bits per heavy atom. The van der Waals surface area contributed by atoms with Crippen molar-refractivity contribution in [3.05, 3.63) is 35.7 Å². The minimum atomic E-state index is -0.769. The van der Waals surface area contributed by atoms with Crippen molar-refractivity contribution in [2.24, 2.45) is 11.8 Å². The zero-order valence-electron chi connectivity index (χ0n) is 25.0. The van der Waals surface area contributed by atoms with Gasteiger partial charge in [-0.25, -0.2) is 14.0 Å². The van der Waals surface area contributed by atoms with Gasteiger partial charge in [0.2, 0.25) is 0 Å². The molecule has 1 aromatic rings. The van der Waals surface area contributed by atoms with Crippen LogP contribution < -0.4 is 16.7 Å². The highest BCUT2D eigenvalue weighted by atomic mass is 19.1. The number of carbonyl (C=O) groups excluding carboxylic acids is 2. The van der Waals surface area contributed by atoms with E-state index in [0.29, 0.717) is 19.3 Å². The fraction of sp³-hybridized carbons (Fsp3) is 0.667. The highest BCUT2D eigenvalue weighted by Crippen LogP contribution is 2.27. The maximum Gasteiger partial charge on any atom is 0.407 e. The summed E-state index contributed by atoms with van der Waals surface area (Å²) >= 11 is 0. The second-order valence-electron chi connectivity index (χ2n) is 10.5. The lowest BCUT2D eigenvalue weighted by atomic mass is 10.1. The maximum atomic E-state index is 13.4. The van der Waals surface area contributed by atoms with E-state index in [1.54, 1.807) is 0 Å². The van der Waals surface area contributed by atoms with Crippen LogP contribution in [0.15, 0.2) is 24.1 Å². The van der Waals surface area contributed by atoms with Gasteiger partial charge in [-0.1, -0.05) is 27.7 Å². The molecule has 0 saturated carbocycles. The average Bonchev–Trinajstić information content (AvgIpc) is 3.28. The number of ether oxygens (including phenoxy) is 3. The second kappa shape index (κ2) is 19.6. The van der Waals surface area contributed by atoms with Crippen LogP contribution in [0.4, 0.5) is 15.0 Å². The molecule has 40 heavy (non-hydrogen) atoms. The quantitative estimate of drug-likeness (QED) is 0.315. The lowest BCUT2D eigenvalue weighted by Gasteiger charge is -2.18. The van der Waals surface area contributed by atoms with Gasteiger partial charge >= 0.3 is 23.7 Å². The molecule has 0 aliphatic carbocycles. The molecule has 4 N–H and O–H groups in total. The predicted octanol–water partition coefficient (Wildman–Crippen LogP) is 4.29. The number of anilines is 1. The molecule has 1 aromatic heterocycles. The summed E-state index contributed by atoms with van der Waals surface area (Å²) in [6, 6.07) is 0. The van der Waals surface area contributed by atoms with Gasteiger partial charge in [-0.15, -0.1) is 13.2 Å². The molecule has 0 bridgehead atoms. The van der Waals surface area contributed by atoms with Crippen molar-refractivity contribution in [1.29, 1.82) is 0 Å². The Labute approximate surface area is 236 Å². The Kier molecular flexibility index (Phi) is 18.9. The van der Waals surface area contributed by atoms with Crippen molar-refractivity contribution >= 4 is 23.8 Å². The molecule has 230 valence electrons. The summed E-state index contributed by atoms with van der Waals surface area (Å²) in [5.74, 6) is -1.69. The van der Waals surface area contributed by atoms with Gasteiger partial charge in [-0.2, -0.15) is 4.98 Å². The van der Waals surface area contributed by atoms with Crippen molar-refractivity contribution in [3.8, 4) is 0 Å². The third kappa shape index (κ3) is 18.7. The first-order valence-corrected chi connectivity index (χ1v) is 12.9. The van der Waals surface area contributed by atoms with E-state index < -0.39 is 29.5 Å². The number of carboxylic acids is 1. The number of rotatable bonds is 7. The number of nitrogens with two attached hydrogens (primary N) is 1. The molecule has 2 rings (SSSR count). The first kappa shape index (κ1) is 38.7. The number of hydrogen-bond acceptors (Lipinski definition) is 9. The Bertz CT molecular complexity index is 976. The van der Waals surface area contributed by atoms with Crippen molar-refractivity contribution in [2.45, 2.75) is 92.1 Å². The van der Waals surface area contributed by atoms with Gasteiger partial charge in [0.25, 0.3) is 0 Å². The first-order valence-electron chi connectivity index (χ1n) is 12.9. The summed E-state index contributed by atoms with van der Waals surface area (Å²) in [7, 11) is 1.54. The van der Waals surface area contributed by atoms with E-state index in [1.807, 2.05) is 48.5 Å². The molecule has 12 nitrogen and oxygen atoms in total. The lowest BCUT2D eigenvalue weighted by molar-refractivity contribution is -0.149. The number of nitrogens with zero attached hydrogens (tertiary/aromatic N) is 2. The normalized spacial score (nSPS) is 15.9. The Morgan fingerprint density at radius 3 is 2.15 bits per heavy atom. The number of carboxylic acid groups (broad SMARTS) is 1. The van der Waals surface area contributed by atoms with Gasteiger partial charge in [0.05, 0.1) is 12.3 Å². The average molecular weight is 575 g/mol. The number of hydrogen-bond donors (Lipinski definition) is 3. The molecular weight excluding hydrogens is 527 g/mol. The fourth-order valence-corrected chi connectivity index (χ4v) is 2.93. The number of alkyl carbamates (subject to hydrolysis) is 1. The van der Waals surface area contributed by atoms with Crippen molar-refractivity contribution in [1.82, 2.24) is 14.9 Å². The van der Waals surface area contributed by atoms with Gasteiger partial charge in [-0.05, 0) is 45.4 Å². The van der Waals surface area contributed by atoms with Gasteiger partial charge in [-0.3, -0.25) is 14.2 Å². The van der Waals surface area contributed by atoms with Crippen LogP contribution in [-0.4, -0.2) is 58.0 Å². The van der Waals surface area contributed by atoms with E-state index in [4.69, 9.17) is 25.1 Å². The van der Waals surface area contributed by atoms with Crippen LogP contribution in [0, 0.1) is 17.7 Å². The number of amides is 1. The van der Waals surface area contributed by atoms with E-state index in [1.165, 1.54) is 7.05 Å². The van der Waals surface area contributed by atoms with E-state index in [-0.39, 0.29) is 48.6 Å². The molecule has 1 fully saturated rings. The number of aliphatic carboxylic acids is 1. The Morgan fingerprint density at radius 2 is 1.75 bits per heavy atom. The lowest BCUT2D eigenvalue weighted by Crippen LogP contribution is -2.30. The van der Waals surface area contributed by atoms with Crippen LogP contribution in [0.5, 0.6) is 0 Å².